The molecule has 1 fully saturated rings. The highest BCUT2D eigenvalue weighted by molar-refractivity contribution is 5.78. The molecular weight excluding hydrogens is 518 g/mol. The molecule has 2 amide bonds. The van der Waals surface area contributed by atoms with Crippen molar-refractivity contribution in [3.05, 3.63) is 22.8 Å². The van der Waals surface area contributed by atoms with E-state index in [1.165, 1.54) is 0 Å². The van der Waals surface area contributed by atoms with Crippen LogP contribution < -0.4 is 5.32 Å². The van der Waals surface area contributed by atoms with E-state index in [1.807, 2.05) is 0 Å². The summed E-state index contributed by atoms with van der Waals surface area (Å²) in [6, 6.07) is -0.798. The molecule has 208 valence electrons. The number of hydrogen-bond donors (Lipinski definition) is 1. The van der Waals surface area contributed by atoms with Crippen LogP contribution in [-0.2, 0) is 34.9 Å². The van der Waals surface area contributed by atoms with Gasteiger partial charge in [-0.3, -0.25) is 9.59 Å². The minimum absolute atomic E-state index is 0.222. The summed E-state index contributed by atoms with van der Waals surface area (Å²) in [6.45, 7) is 3.39. The lowest BCUT2D eigenvalue weighted by Crippen LogP contribution is -2.55. The van der Waals surface area contributed by atoms with Crippen LogP contribution in [0.2, 0.25) is 0 Å². The zero-order valence-electron chi connectivity index (χ0n) is 20.4. The van der Waals surface area contributed by atoms with Crippen molar-refractivity contribution >= 4 is 11.8 Å². The summed E-state index contributed by atoms with van der Waals surface area (Å²) >= 11 is 0. The Bertz CT molecular complexity index is 1040. The number of likely N-dealkylation sites (tertiary alicyclic amines) is 1. The van der Waals surface area contributed by atoms with Gasteiger partial charge in [-0.1, -0.05) is 0 Å². The quantitative estimate of drug-likeness (QED) is 0.570. The Hall–Kier alpha value is -2.58. The summed E-state index contributed by atoms with van der Waals surface area (Å²) < 4.78 is 107. The van der Waals surface area contributed by atoms with E-state index < -0.39 is 90.4 Å². The van der Waals surface area contributed by atoms with Crippen molar-refractivity contribution in [3.63, 3.8) is 0 Å². The number of rotatable bonds is 5. The van der Waals surface area contributed by atoms with Gasteiger partial charge in [0.15, 0.2) is 5.69 Å². The molecule has 37 heavy (non-hydrogen) atoms. The number of alkyl halides is 8. The molecule has 1 aromatic heterocycles. The van der Waals surface area contributed by atoms with Gasteiger partial charge in [-0.15, -0.1) is 0 Å². The SMILES string of the molecule is CC(C)(C)N[C@@H](CC(=O)N1CCc2c(nc(C(F)(F)F)nc2C(F)(F)F)C1)CN1CC(F)(F)CCC1=O. The van der Waals surface area contributed by atoms with E-state index in [0.717, 1.165) is 9.80 Å². The lowest BCUT2D eigenvalue weighted by molar-refractivity contribution is -0.153. The molecular formula is C22H27F8N5O2. The number of carbonyl (C=O) groups excluding carboxylic acids is 2. The predicted octanol–water partition coefficient (Wildman–Crippen LogP) is 3.80. The van der Waals surface area contributed by atoms with Crippen LogP contribution in [0.4, 0.5) is 35.1 Å². The third-order valence-corrected chi connectivity index (χ3v) is 5.92. The number of carbonyl (C=O) groups is 2. The van der Waals surface area contributed by atoms with Gasteiger partial charge < -0.3 is 15.1 Å². The molecule has 0 aliphatic carbocycles. The van der Waals surface area contributed by atoms with E-state index in [2.05, 4.69) is 15.3 Å². The van der Waals surface area contributed by atoms with Crippen LogP contribution in [0, 0.1) is 0 Å². The maximum absolute atomic E-state index is 13.9. The Kier molecular flexibility index (Phi) is 7.79. The average Bonchev–Trinajstić information content (AvgIpc) is 2.72. The van der Waals surface area contributed by atoms with Gasteiger partial charge in [0.05, 0.1) is 18.8 Å². The van der Waals surface area contributed by atoms with Gasteiger partial charge >= 0.3 is 12.4 Å². The highest BCUT2D eigenvalue weighted by Crippen LogP contribution is 2.37. The standard InChI is InChI=1S/C22H27F8N5O2/c1-19(2,3)33-12(9-35-11-20(23,24)6-4-15(35)36)8-16(37)34-7-5-13-14(10-34)31-18(22(28,29)30)32-17(13)21(25,26)27/h12,33H,4-11H2,1-3H3/t12-/m0/s1. The number of nitrogens with one attached hydrogen (secondary N) is 1. The first-order valence-electron chi connectivity index (χ1n) is 11.5. The molecule has 1 aromatic rings. The van der Waals surface area contributed by atoms with Crippen molar-refractivity contribution in [1.29, 1.82) is 0 Å². The molecule has 1 saturated heterocycles. The van der Waals surface area contributed by atoms with E-state index >= 15 is 0 Å². The molecule has 3 rings (SSSR count). The van der Waals surface area contributed by atoms with E-state index in [9.17, 15) is 44.7 Å². The summed E-state index contributed by atoms with van der Waals surface area (Å²) in [6.07, 6.45) is -12.0. The highest BCUT2D eigenvalue weighted by atomic mass is 19.4. The normalized spacial score (nSPS) is 19.6. The van der Waals surface area contributed by atoms with E-state index in [-0.39, 0.29) is 25.9 Å². The van der Waals surface area contributed by atoms with Crippen molar-refractivity contribution in [2.24, 2.45) is 0 Å². The molecule has 0 saturated carbocycles. The monoisotopic (exact) mass is 545 g/mol. The summed E-state index contributed by atoms with van der Waals surface area (Å²) in [5.41, 5.74) is -3.35. The Morgan fingerprint density at radius 2 is 1.70 bits per heavy atom. The topological polar surface area (TPSA) is 78.4 Å². The summed E-state index contributed by atoms with van der Waals surface area (Å²) in [7, 11) is 0. The summed E-state index contributed by atoms with van der Waals surface area (Å²) in [5.74, 6) is -6.16. The Labute approximate surface area is 207 Å². The number of aromatic nitrogens is 2. The summed E-state index contributed by atoms with van der Waals surface area (Å²) in [5, 5.41) is 3.09. The van der Waals surface area contributed by atoms with Gasteiger partial charge in [-0.2, -0.15) is 26.3 Å². The molecule has 0 bridgehead atoms. The van der Waals surface area contributed by atoms with Crippen molar-refractivity contribution < 1.29 is 44.7 Å². The lowest BCUT2D eigenvalue weighted by Gasteiger charge is -2.38. The molecule has 0 aromatic carbocycles. The fourth-order valence-electron chi connectivity index (χ4n) is 4.44. The second-order valence-corrected chi connectivity index (χ2v) is 10.3. The second-order valence-electron chi connectivity index (χ2n) is 10.3. The van der Waals surface area contributed by atoms with Crippen LogP contribution in [0.1, 0.15) is 62.8 Å². The predicted molar refractivity (Wildman–Crippen MR) is 113 cm³/mol. The molecule has 2 aliphatic heterocycles. The van der Waals surface area contributed by atoms with Gasteiger partial charge in [-0.05, 0) is 27.2 Å². The summed E-state index contributed by atoms with van der Waals surface area (Å²) in [4.78, 5) is 33.3. The molecule has 1 N–H and O–H groups in total. The first-order valence-corrected chi connectivity index (χ1v) is 11.5. The van der Waals surface area contributed by atoms with Crippen molar-refractivity contribution in [3.8, 4) is 0 Å². The van der Waals surface area contributed by atoms with Crippen LogP contribution in [0.3, 0.4) is 0 Å². The van der Waals surface area contributed by atoms with Crippen LogP contribution in [-0.4, -0.2) is 68.7 Å². The maximum Gasteiger partial charge on any atom is 0.451 e. The third kappa shape index (κ3) is 7.48. The number of amides is 2. The number of hydrogen-bond acceptors (Lipinski definition) is 5. The van der Waals surface area contributed by atoms with Crippen LogP contribution in [0.5, 0.6) is 0 Å². The van der Waals surface area contributed by atoms with E-state index in [4.69, 9.17) is 0 Å². The number of fused-ring (bicyclic) bond motifs is 1. The number of piperidine rings is 1. The fraction of sp³-hybridized carbons (Fsp3) is 0.727. The molecule has 0 unspecified atom stereocenters. The fourth-order valence-corrected chi connectivity index (χ4v) is 4.44. The molecule has 0 spiro atoms. The van der Waals surface area contributed by atoms with Gasteiger partial charge in [0.2, 0.25) is 17.6 Å². The largest absolute Gasteiger partial charge is 0.451 e. The van der Waals surface area contributed by atoms with Crippen LogP contribution >= 0.6 is 0 Å². The van der Waals surface area contributed by atoms with Gasteiger partial charge in [-0.25, -0.2) is 18.7 Å². The number of nitrogens with zero attached hydrogens (tertiary/aromatic N) is 4. The van der Waals surface area contributed by atoms with E-state index in [1.54, 1.807) is 20.8 Å². The highest BCUT2D eigenvalue weighted by Gasteiger charge is 2.44. The molecule has 0 radical (unpaired) electrons. The van der Waals surface area contributed by atoms with E-state index in [0.29, 0.717) is 0 Å². The average molecular weight is 545 g/mol. The Balaban J connectivity index is 1.82. The molecule has 2 aliphatic rings. The zero-order valence-corrected chi connectivity index (χ0v) is 20.4. The molecule has 15 heteroatoms. The minimum atomic E-state index is -5.23. The Morgan fingerprint density at radius 1 is 1.05 bits per heavy atom. The van der Waals surface area contributed by atoms with Crippen molar-refractivity contribution in [1.82, 2.24) is 25.1 Å². The van der Waals surface area contributed by atoms with Crippen molar-refractivity contribution in [2.75, 3.05) is 19.6 Å². The van der Waals surface area contributed by atoms with Crippen LogP contribution in [0.15, 0.2) is 0 Å². The minimum Gasteiger partial charge on any atom is -0.336 e. The van der Waals surface area contributed by atoms with Crippen LogP contribution in [0.25, 0.3) is 0 Å². The molecule has 1 atom stereocenters. The van der Waals surface area contributed by atoms with Gasteiger partial charge in [0.25, 0.3) is 5.92 Å². The molecule has 7 nitrogen and oxygen atoms in total. The van der Waals surface area contributed by atoms with Gasteiger partial charge in [0.1, 0.15) is 0 Å². The smallest absolute Gasteiger partial charge is 0.336 e. The van der Waals surface area contributed by atoms with Gasteiger partial charge in [0, 0.05) is 49.5 Å². The lowest BCUT2D eigenvalue weighted by atomic mass is 9.99. The third-order valence-electron chi connectivity index (χ3n) is 5.92. The van der Waals surface area contributed by atoms with Crippen molar-refractivity contribution in [2.45, 2.75) is 82.9 Å². The Morgan fingerprint density at radius 3 is 2.27 bits per heavy atom. The zero-order chi connectivity index (χ0) is 28.0. The second kappa shape index (κ2) is 9.95. The first kappa shape index (κ1) is 29.0. The number of halogens is 8. The molecule has 3 heterocycles. The maximum atomic E-state index is 13.9. The first-order chi connectivity index (χ1) is 16.7.